The van der Waals surface area contributed by atoms with Crippen LogP contribution in [0.1, 0.15) is 19.3 Å². The van der Waals surface area contributed by atoms with Crippen LogP contribution in [-0.2, 0) is 19.7 Å². The topological polar surface area (TPSA) is 102 Å². The van der Waals surface area contributed by atoms with E-state index in [-0.39, 0.29) is 25.6 Å². The number of hydrogen-bond acceptors (Lipinski definition) is 5. The monoisotopic (exact) mass is 279 g/mol. The van der Waals surface area contributed by atoms with Gasteiger partial charge >= 0.3 is 5.97 Å². The van der Waals surface area contributed by atoms with E-state index >= 15 is 0 Å². The number of esters is 1. The Morgan fingerprint density at radius 1 is 1.56 bits per heavy atom. The van der Waals surface area contributed by atoms with Crippen molar-refractivity contribution in [3.05, 3.63) is 0 Å². The maximum absolute atomic E-state index is 11.8. The van der Waals surface area contributed by atoms with Crippen LogP contribution in [0.5, 0.6) is 0 Å². The normalized spacial score (nSPS) is 17.8. The van der Waals surface area contributed by atoms with Crippen molar-refractivity contribution >= 4 is 16.2 Å². The van der Waals surface area contributed by atoms with Crippen molar-refractivity contribution in [1.82, 2.24) is 9.03 Å². The first-order chi connectivity index (χ1) is 8.36. The van der Waals surface area contributed by atoms with Gasteiger partial charge < -0.3 is 10.5 Å². The van der Waals surface area contributed by atoms with E-state index in [1.54, 1.807) is 0 Å². The largest absolute Gasteiger partial charge is 0.469 e. The highest BCUT2D eigenvalue weighted by molar-refractivity contribution is 7.87. The number of nitrogens with zero attached hydrogens (tertiary/aromatic N) is 1. The van der Waals surface area contributed by atoms with Crippen molar-refractivity contribution in [2.75, 3.05) is 27.2 Å². The Bertz CT molecular complexity index is 381. The Morgan fingerprint density at radius 2 is 2.17 bits per heavy atom. The summed E-state index contributed by atoms with van der Waals surface area (Å²) >= 11 is 0. The van der Waals surface area contributed by atoms with Gasteiger partial charge in [-0.2, -0.15) is 12.7 Å². The van der Waals surface area contributed by atoms with Crippen LogP contribution >= 0.6 is 0 Å². The number of nitrogens with one attached hydrogen (secondary N) is 1. The van der Waals surface area contributed by atoms with Gasteiger partial charge in [0, 0.05) is 26.2 Å². The molecule has 1 aliphatic carbocycles. The van der Waals surface area contributed by atoms with Gasteiger partial charge in [-0.25, -0.2) is 4.72 Å². The summed E-state index contributed by atoms with van der Waals surface area (Å²) in [6, 6.07) is -0.131. The maximum atomic E-state index is 11.8. The molecule has 1 atom stereocenters. The van der Waals surface area contributed by atoms with E-state index in [9.17, 15) is 13.2 Å². The Labute approximate surface area is 108 Å². The van der Waals surface area contributed by atoms with Crippen molar-refractivity contribution in [3.63, 3.8) is 0 Å². The first kappa shape index (κ1) is 15.4. The van der Waals surface area contributed by atoms with Crippen molar-refractivity contribution in [3.8, 4) is 0 Å². The molecule has 0 heterocycles. The lowest BCUT2D eigenvalue weighted by Gasteiger charge is -2.19. The van der Waals surface area contributed by atoms with E-state index < -0.39 is 16.2 Å². The predicted octanol–water partition coefficient (Wildman–Crippen LogP) is -0.947. The Hall–Kier alpha value is -0.700. The molecule has 0 saturated heterocycles. The van der Waals surface area contributed by atoms with Crippen molar-refractivity contribution in [1.29, 1.82) is 0 Å². The molecule has 8 heteroatoms. The Morgan fingerprint density at radius 3 is 2.67 bits per heavy atom. The van der Waals surface area contributed by atoms with E-state index in [4.69, 9.17) is 5.73 Å². The molecule has 0 aromatic heterocycles. The molecule has 106 valence electrons. The van der Waals surface area contributed by atoms with Gasteiger partial charge in [-0.15, -0.1) is 0 Å². The first-order valence-corrected chi connectivity index (χ1v) is 7.34. The summed E-state index contributed by atoms with van der Waals surface area (Å²) in [6.07, 6.45) is 2.17. The number of methoxy groups -OCH3 is 1. The van der Waals surface area contributed by atoms with E-state index in [2.05, 4.69) is 9.46 Å². The number of carbonyl (C=O) groups excluding carboxylic acids is 1. The van der Waals surface area contributed by atoms with Crippen LogP contribution in [0.15, 0.2) is 0 Å². The highest BCUT2D eigenvalue weighted by Crippen LogP contribution is 2.31. The smallest absolute Gasteiger partial charge is 0.306 e. The van der Waals surface area contributed by atoms with Gasteiger partial charge in [-0.1, -0.05) is 0 Å². The maximum Gasteiger partial charge on any atom is 0.306 e. The number of nitrogens with two attached hydrogens (primary N) is 1. The summed E-state index contributed by atoms with van der Waals surface area (Å²) in [5, 5.41) is 0. The lowest BCUT2D eigenvalue weighted by Crippen LogP contribution is -2.45. The van der Waals surface area contributed by atoms with Crippen molar-refractivity contribution in [2.24, 2.45) is 11.7 Å². The summed E-state index contributed by atoms with van der Waals surface area (Å²) in [7, 11) is -0.891. The number of rotatable bonds is 8. The SMILES string of the molecule is COC(=O)CCN(C)S(=O)(=O)NCC(N)C1CC1. The second-order valence-electron chi connectivity index (χ2n) is 4.50. The summed E-state index contributed by atoms with van der Waals surface area (Å²) in [5.41, 5.74) is 5.81. The molecule has 0 spiro atoms. The minimum absolute atomic E-state index is 0.0303. The van der Waals surface area contributed by atoms with E-state index in [0.717, 1.165) is 17.1 Å². The fraction of sp³-hybridized carbons (Fsp3) is 0.900. The van der Waals surface area contributed by atoms with E-state index in [0.29, 0.717) is 5.92 Å². The molecule has 0 aliphatic heterocycles. The Balaban J connectivity index is 2.34. The number of hydrogen-bond donors (Lipinski definition) is 2. The number of ether oxygens (including phenoxy) is 1. The standard InChI is InChI=1S/C10H21N3O4S/c1-13(6-5-10(14)17-2)18(15,16)12-7-9(11)8-3-4-8/h8-9,12H,3-7,11H2,1-2H3. The zero-order valence-corrected chi connectivity index (χ0v) is 11.6. The van der Waals surface area contributed by atoms with Crippen LogP contribution in [0.2, 0.25) is 0 Å². The molecule has 1 saturated carbocycles. The summed E-state index contributed by atoms with van der Waals surface area (Å²) < 4.78 is 31.6. The molecule has 3 N–H and O–H groups in total. The molecule has 0 aromatic rings. The van der Waals surface area contributed by atoms with Gasteiger partial charge in [-0.05, 0) is 18.8 Å². The Kier molecular flexibility index (Phi) is 5.51. The van der Waals surface area contributed by atoms with Crippen LogP contribution in [0.4, 0.5) is 0 Å². The fourth-order valence-corrected chi connectivity index (χ4v) is 2.43. The van der Waals surface area contributed by atoms with Gasteiger partial charge in [0.15, 0.2) is 0 Å². The third-order valence-electron chi connectivity index (χ3n) is 3.00. The molecule has 1 aliphatic rings. The van der Waals surface area contributed by atoms with Gasteiger partial charge in [0.2, 0.25) is 0 Å². The average molecular weight is 279 g/mol. The second-order valence-corrected chi connectivity index (χ2v) is 6.36. The molecule has 0 amide bonds. The second kappa shape index (κ2) is 6.46. The van der Waals surface area contributed by atoms with Gasteiger partial charge in [-0.3, -0.25) is 4.79 Å². The molecule has 1 rings (SSSR count). The average Bonchev–Trinajstić information content (AvgIpc) is 3.16. The minimum Gasteiger partial charge on any atom is -0.469 e. The van der Waals surface area contributed by atoms with Crippen LogP contribution in [0.25, 0.3) is 0 Å². The van der Waals surface area contributed by atoms with Crippen molar-refractivity contribution < 1.29 is 17.9 Å². The molecule has 7 nitrogen and oxygen atoms in total. The number of carbonyl (C=O) groups is 1. The lowest BCUT2D eigenvalue weighted by atomic mass is 10.2. The minimum atomic E-state index is -3.57. The fourth-order valence-electron chi connectivity index (χ4n) is 1.47. The zero-order valence-electron chi connectivity index (χ0n) is 10.8. The summed E-state index contributed by atoms with van der Waals surface area (Å²) in [6.45, 7) is 0.316. The lowest BCUT2D eigenvalue weighted by molar-refractivity contribution is -0.140. The first-order valence-electron chi connectivity index (χ1n) is 5.90. The molecule has 0 radical (unpaired) electrons. The zero-order chi connectivity index (χ0) is 13.8. The molecule has 1 fully saturated rings. The van der Waals surface area contributed by atoms with Crippen LogP contribution in [0, 0.1) is 5.92 Å². The van der Waals surface area contributed by atoms with Crippen molar-refractivity contribution in [2.45, 2.75) is 25.3 Å². The molecule has 1 unspecified atom stereocenters. The van der Waals surface area contributed by atoms with Crippen LogP contribution in [-0.4, -0.2) is 52.0 Å². The molecule has 0 aromatic carbocycles. The van der Waals surface area contributed by atoms with Crippen LogP contribution in [0.3, 0.4) is 0 Å². The molecular weight excluding hydrogens is 258 g/mol. The van der Waals surface area contributed by atoms with E-state index in [1.807, 2.05) is 0 Å². The quantitative estimate of drug-likeness (QED) is 0.558. The van der Waals surface area contributed by atoms with E-state index in [1.165, 1.54) is 14.2 Å². The molecule has 18 heavy (non-hydrogen) atoms. The summed E-state index contributed by atoms with van der Waals surface area (Å²) in [5.74, 6) is -0.000179. The highest BCUT2D eigenvalue weighted by atomic mass is 32.2. The molecule has 0 bridgehead atoms. The third kappa shape index (κ3) is 4.89. The third-order valence-corrected chi connectivity index (χ3v) is 4.53. The predicted molar refractivity (Wildman–Crippen MR) is 66.9 cm³/mol. The van der Waals surface area contributed by atoms with Gasteiger partial charge in [0.05, 0.1) is 13.5 Å². The molecular formula is C10H21N3O4S. The highest BCUT2D eigenvalue weighted by Gasteiger charge is 2.29. The van der Waals surface area contributed by atoms with Crippen LogP contribution < -0.4 is 10.5 Å². The van der Waals surface area contributed by atoms with Gasteiger partial charge in [0.1, 0.15) is 0 Å². The summed E-state index contributed by atoms with van der Waals surface area (Å²) in [4.78, 5) is 10.9. The van der Waals surface area contributed by atoms with Gasteiger partial charge in [0.25, 0.3) is 10.2 Å².